The molecule has 182 valence electrons. The van der Waals surface area contributed by atoms with Crippen molar-refractivity contribution in [1.82, 2.24) is 20.1 Å². The fourth-order valence-electron chi connectivity index (χ4n) is 7.42. The lowest BCUT2D eigenvalue weighted by atomic mass is 9.49. The molecule has 1 aromatic heterocycles. The molecular formula is C25H38N4O3S. The molecule has 0 spiro atoms. The number of ether oxygens (including phenoxy) is 1. The summed E-state index contributed by atoms with van der Waals surface area (Å²) < 4.78 is 7.40. The molecule has 0 radical (unpaired) electrons. The van der Waals surface area contributed by atoms with E-state index in [1.54, 1.807) is 0 Å². The van der Waals surface area contributed by atoms with E-state index >= 15 is 0 Å². The summed E-state index contributed by atoms with van der Waals surface area (Å²) in [6, 6.07) is 0.331. The number of hydrogen-bond acceptors (Lipinski definition) is 6. The van der Waals surface area contributed by atoms with Gasteiger partial charge in [-0.1, -0.05) is 31.0 Å². The second-order valence-corrected chi connectivity index (χ2v) is 12.3. The summed E-state index contributed by atoms with van der Waals surface area (Å²) in [5.74, 6) is 3.07. The van der Waals surface area contributed by atoms with Gasteiger partial charge in [-0.2, -0.15) is 0 Å². The smallest absolute Gasteiger partial charge is 0.319 e. The number of carbonyl (C=O) groups is 2. The van der Waals surface area contributed by atoms with Crippen LogP contribution in [0, 0.1) is 23.2 Å². The lowest BCUT2D eigenvalue weighted by Gasteiger charge is -2.55. The Morgan fingerprint density at radius 3 is 2.33 bits per heavy atom. The number of aromatic nitrogens is 3. The van der Waals surface area contributed by atoms with E-state index < -0.39 is 0 Å². The topological polar surface area (TPSA) is 86.1 Å². The molecule has 1 amide bonds. The summed E-state index contributed by atoms with van der Waals surface area (Å²) in [6.45, 7) is 4.47. The van der Waals surface area contributed by atoms with Gasteiger partial charge in [0.1, 0.15) is 5.25 Å². The first kappa shape index (κ1) is 23.2. The summed E-state index contributed by atoms with van der Waals surface area (Å²) in [4.78, 5) is 25.7. The Balaban J connectivity index is 1.30. The molecule has 5 aliphatic carbocycles. The maximum absolute atomic E-state index is 13.5. The molecule has 4 bridgehead atoms. The first-order chi connectivity index (χ1) is 16.0. The highest BCUT2D eigenvalue weighted by molar-refractivity contribution is 8.00. The van der Waals surface area contributed by atoms with Gasteiger partial charge in [0.2, 0.25) is 5.91 Å². The van der Waals surface area contributed by atoms with Crippen LogP contribution in [0.15, 0.2) is 5.16 Å². The Labute approximate surface area is 201 Å². The normalized spacial score (nSPS) is 32.0. The lowest BCUT2D eigenvalue weighted by molar-refractivity contribution is -0.146. The summed E-state index contributed by atoms with van der Waals surface area (Å²) in [5.41, 5.74) is -0.152. The molecule has 0 aliphatic heterocycles. The molecule has 1 atom stereocenters. The van der Waals surface area contributed by atoms with E-state index in [2.05, 4.69) is 20.1 Å². The average molecular weight is 475 g/mol. The van der Waals surface area contributed by atoms with Gasteiger partial charge in [-0.15, -0.1) is 10.2 Å². The van der Waals surface area contributed by atoms with E-state index in [1.165, 1.54) is 50.3 Å². The summed E-state index contributed by atoms with van der Waals surface area (Å²) >= 11 is 1.42. The lowest BCUT2D eigenvalue weighted by Crippen LogP contribution is -2.53. The van der Waals surface area contributed by atoms with Crippen LogP contribution < -0.4 is 5.32 Å². The molecular weight excluding hydrogens is 436 g/mol. The molecule has 0 aromatic carbocycles. The number of amides is 1. The molecule has 0 saturated heterocycles. The van der Waals surface area contributed by atoms with E-state index in [-0.39, 0.29) is 22.5 Å². The molecule has 1 unspecified atom stereocenters. The van der Waals surface area contributed by atoms with E-state index in [0.29, 0.717) is 19.2 Å². The Morgan fingerprint density at radius 1 is 1.09 bits per heavy atom. The maximum atomic E-state index is 13.5. The summed E-state index contributed by atoms with van der Waals surface area (Å²) in [7, 11) is 0. The van der Waals surface area contributed by atoms with Crippen LogP contribution in [0.3, 0.4) is 0 Å². The van der Waals surface area contributed by atoms with E-state index in [4.69, 9.17) is 4.74 Å². The van der Waals surface area contributed by atoms with Gasteiger partial charge in [0, 0.05) is 11.5 Å². The molecule has 5 fully saturated rings. The average Bonchev–Trinajstić information content (AvgIpc) is 3.19. The van der Waals surface area contributed by atoms with Gasteiger partial charge >= 0.3 is 5.97 Å². The van der Waals surface area contributed by atoms with E-state index in [1.807, 2.05) is 13.8 Å². The van der Waals surface area contributed by atoms with E-state index in [9.17, 15) is 9.59 Å². The van der Waals surface area contributed by atoms with Gasteiger partial charge in [-0.3, -0.25) is 9.59 Å². The van der Waals surface area contributed by atoms with Crippen LogP contribution in [-0.4, -0.2) is 38.5 Å². The summed E-state index contributed by atoms with van der Waals surface area (Å²) in [6.07, 6.45) is 13.0. The van der Waals surface area contributed by atoms with Crippen LogP contribution in [0.1, 0.15) is 96.3 Å². The van der Waals surface area contributed by atoms with Crippen molar-refractivity contribution in [3.63, 3.8) is 0 Å². The Morgan fingerprint density at radius 2 is 1.73 bits per heavy atom. The van der Waals surface area contributed by atoms with Crippen molar-refractivity contribution in [2.45, 2.75) is 107 Å². The van der Waals surface area contributed by atoms with Crippen LogP contribution in [0.25, 0.3) is 0 Å². The monoisotopic (exact) mass is 474 g/mol. The highest BCUT2D eigenvalue weighted by atomic mass is 32.2. The van der Waals surface area contributed by atoms with Crippen molar-refractivity contribution in [1.29, 1.82) is 0 Å². The van der Waals surface area contributed by atoms with Crippen LogP contribution in [-0.2, 0) is 20.9 Å². The Bertz CT molecular complexity index is 844. The zero-order valence-corrected chi connectivity index (χ0v) is 20.9. The second kappa shape index (κ2) is 9.59. The van der Waals surface area contributed by atoms with Gasteiger partial charge in [0.25, 0.3) is 0 Å². The SMILES string of the molecule is CCOC(=O)C(C)Sc1nnc(CNC(=O)C23CC4CC(CC(C4)C2)C3)n1C1CCCCC1. The van der Waals surface area contributed by atoms with Crippen LogP contribution in [0.5, 0.6) is 0 Å². The van der Waals surface area contributed by atoms with Gasteiger partial charge in [0.15, 0.2) is 11.0 Å². The standard InChI is InChI=1S/C25H38N4O3S/c1-3-32-22(30)16(2)33-24-28-27-21(29(24)20-7-5-4-6-8-20)15-26-23(31)25-12-17-9-18(13-25)11-19(10-17)14-25/h16-20H,3-15H2,1-2H3,(H,26,31). The molecule has 1 N–H and O–H groups in total. The number of thioether (sulfide) groups is 1. The number of carbonyl (C=O) groups excluding carboxylic acids is 2. The zero-order chi connectivity index (χ0) is 23.0. The van der Waals surface area contributed by atoms with Crippen molar-refractivity contribution >= 4 is 23.6 Å². The third-order valence-electron chi connectivity index (χ3n) is 8.50. The van der Waals surface area contributed by atoms with Crippen LogP contribution in [0.2, 0.25) is 0 Å². The molecule has 8 heteroatoms. The quantitative estimate of drug-likeness (QED) is 0.436. The van der Waals surface area contributed by atoms with Crippen molar-refractivity contribution < 1.29 is 14.3 Å². The minimum atomic E-state index is -0.342. The third-order valence-corrected chi connectivity index (χ3v) is 9.54. The fourth-order valence-corrected chi connectivity index (χ4v) is 8.35. The van der Waals surface area contributed by atoms with Crippen molar-refractivity contribution in [2.75, 3.05) is 6.61 Å². The van der Waals surface area contributed by atoms with Crippen LogP contribution >= 0.6 is 11.8 Å². The molecule has 7 nitrogen and oxygen atoms in total. The van der Waals surface area contributed by atoms with E-state index in [0.717, 1.165) is 60.8 Å². The molecule has 5 saturated carbocycles. The van der Waals surface area contributed by atoms with Gasteiger partial charge in [-0.25, -0.2) is 0 Å². The highest BCUT2D eigenvalue weighted by Crippen LogP contribution is 2.60. The number of nitrogens with zero attached hydrogens (tertiary/aromatic N) is 3. The number of nitrogens with one attached hydrogen (secondary N) is 1. The minimum absolute atomic E-state index is 0.152. The molecule has 6 rings (SSSR count). The van der Waals surface area contributed by atoms with Crippen LogP contribution in [0.4, 0.5) is 0 Å². The largest absolute Gasteiger partial charge is 0.465 e. The molecule has 33 heavy (non-hydrogen) atoms. The minimum Gasteiger partial charge on any atom is -0.465 e. The third kappa shape index (κ3) is 4.69. The van der Waals surface area contributed by atoms with Crippen molar-refractivity contribution in [3.8, 4) is 0 Å². The van der Waals surface area contributed by atoms with Gasteiger partial charge in [-0.05, 0) is 83.0 Å². The molecule has 1 aromatic rings. The maximum Gasteiger partial charge on any atom is 0.319 e. The Hall–Kier alpha value is -1.57. The zero-order valence-electron chi connectivity index (χ0n) is 20.1. The first-order valence-electron chi connectivity index (χ1n) is 13.0. The number of esters is 1. The van der Waals surface area contributed by atoms with Gasteiger partial charge < -0.3 is 14.6 Å². The molecule has 5 aliphatic rings. The molecule has 1 heterocycles. The van der Waals surface area contributed by atoms with Crippen molar-refractivity contribution in [2.24, 2.45) is 23.2 Å². The predicted octanol–water partition coefficient (Wildman–Crippen LogP) is 4.66. The predicted molar refractivity (Wildman–Crippen MR) is 127 cm³/mol. The second-order valence-electron chi connectivity index (χ2n) is 11.0. The highest BCUT2D eigenvalue weighted by Gasteiger charge is 2.54. The number of hydrogen-bond donors (Lipinski definition) is 1. The number of rotatable bonds is 8. The van der Waals surface area contributed by atoms with Crippen molar-refractivity contribution in [3.05, 3.63) is 5.82 Å². The fraction of sp³-hybridized carbons (Fsp3) is 0.840. The Kier molecular flexibility index (Phi) is 6.74. The summed E-state index contributed by atoms with van der Waals surface area (Å²) in [5, 5.41) is 12.7. The van der Waals surface area contributed by atoms with Gasteiger partial charge in [0.05, 0.1) is 13.2 Å². The first-order valence-corrected chi connectivity index (χ1v) is 13.9.